The lowest BCUT2D eigenvalue weighted by atomic mass is 10.00. The summed E-state index contributed by atoms with van der Waals surface area (Å²) >= 11 is 0. The Bertz CT molecular complexity index is 1320. The van der Waals surface area contributed by atoms with E-state index in [2.05, 4.69) is 10.6 Å². The standard InChI is InChI=1S/C33H36N2O5/c36-31(24-7-2-1-3-8-24)27-9-4-5-10-28(27)35-29(33(38)39)21-22-11-17-26(18-12-22)40-20-6-19-34-30(23-13-14-23)32(37)25-15-16-25/h1-5,7-12,17-18,23,25,29-30,34-35H,6,13-16,19-21H2,(H,38,39)/t29-,30?/m0/s1. The molecule has 2 saturated carbocycles. The van der Waals surface area contributed by atoms with Crippen molar-refractivity contribution < 1.29 is 24.2 Å². The summed E-state index contributed by atoms with van der Waals surface area (Å²) in [5.41, 5.74) is 2.30. The monoisotopic (exact) mass is 540 g/mol. The molecule has 0 saturated heterocycles. The second kappa shape index (κ2) is 12.9. The second-order valence-electron chi connectivity index (χ2n) is 10.8. The van der Waals surface area contributed by atoms with Crippen molar-refractivity contribution >= 4 is 23.2 Å². The number of ether oxygens (including phenoxy) is 1. The second-order valence-corrected chi connectivity index (χ2v) is 10.8. The van der Waals surface area contributed by atoms with Gasteiger partial charge in [-0.15, -0.1) is 0 Å². The van der Waals surface area contributed by atoms with Crippen LogP contribution in [0.15, 0.2) is 78.9 Å². The maximum atomic E-state index is 13.0. The molecule has 3 aromatic rings. The number of Topliss-reactive ketones (excluding diaryl/α,β-unsaturated/α-hetero) is 1. The molecule has 40 heavy (non-hydrogen) atoms. The maximum Gasteiger partial charge on any atom is 0.326 e. The Morgan fingerprint density at radius 1 is 0.875 bits per heavy atom. The number of carboxylic acid groups (broad SMARTS) is 1. The fourth-order valence-corrected chi connectivity index (χ4v) is 4.97. The highest BCUT2D eigenvalue weighted by Gasteiger charge is 2.41. The topological polar surface area (TPSA) is 105 Å². The highest BCUT2D eigenvalue weighted by molar-refractivity contribution is 6.12. The van der Waals surface area contributed by atoms with Gasteiger partial charge >= 0.3 is 5.97 Å². The first kappa shape index (κ1) is 27.6. The summed E-state index contributed by atoms with van der Waals surface area (Å²) in [5, 5.41) is 16.4. The van der Waals surface area contributed by atoms with Gasteiger partial charge in [-0.3, -0.25) is 9.59 Å². The van der Waals surface area contributed by atoms with Crippen molar-refractivity contribution in [3.63, 3.8) is 0 Å². The third-order valence-corrected chi connectivity index (χ3v) is 7.53. The van der Waals surface area contributed by atoms with Gasteiger partial charge in [0.1, 0.15) is 11.8 Å². The van der Waals surface area contributed by atoms with Crippen LogP contribution in [0.2, 0.25) is 0 Å². The van der Waals surface area contributed by atoms with E-state index in [1.807, 2.05) is 30.3 Å². The van der Waals surface area contributed by atoms with Crippen LogP contribution in [0.4, 0.5) is 5.69 Å². The quantitative estimate of drug-likeness (QED) is 0.171. The number of carbonyl (C=O) groups is 3. The van der Waals surface area contributed by atoms with Crippen molar-refractivity contribution in [3.8, 4) is 5.75 Å². The number of nitrogens with one attached hydrogen (secondary N) is 2. The smallest absolute Gasteiger partial charge is 0.326 e. The number of carbonyl (C=O) groups excluding carboxylic acids is 2. The van der Waals surface area contributed by atoms with Gasteiger partial charge in [-0.2, -0.15) is 0 Å². The van der Waals surface area contributed by atoms with Crippen LogP contribution in [0.5, 0.6) is 5.75 Å². The van der Waals surface area contributed by atoms with Crippen LogP contribution in [-0.2, 0) is 16.0 Å². The molecule has 1 unspecified atom stereocenters. The molecule has 0 radical (unpaired) electrons. The number of anilines is 1. The van der Waals surface area contributed by atoms with E-state index in [1.54, 1.807) is 48.5 Å². The van der Waals surface area contributed by atoms with Gasteiger partial charge in [-0.05, 0) is 74.4 Å². The van der Waals surface area contributed by atoms with Crippen molar-refractivity contribution in [2.75, 3.05) is 18.5 Å². The largest absolute Gasteiger partial charge is 0.494 e. The zero-order valence-electron chi connectivity index (χ0n) is 22.6. The predicted octanol–water partition coefficient (Wildman–Crippen LogP) is 5.14. The third-order valence-electron chi connectivity index (χ3n) is 7.53. The summed E-state index contributed by atoms with van der Waals surface area (Å²) in [5.74, 6) is 0.759. The lowest BCUT2D eigenvalue weighted by molar-refractivity contribution is -0.137. The fraction of sp³-hybridized carbons (Fsp3) is 0.364. The van der Waals surface area contributed by atoms with Gasteiger partial charge in [0.2, 0.25) is 0 Å². The molecule has 2 aliphatic rings. The van der Waals surface area contributed by atoms with Gasteiger partial charge in [0, 0.05) is 29.2 Å². The number of carboxylic acids is 1. The zero-order valence-corrected chi connectivity index (χ0v) is 22.6. The minimum absolute atomic E-state index is 0.0194. The summed E-state index contributed by atoms with van der Waals surface area (Å²) < 4.78 is 5.88. The molecule has 7 nitrogen and oxygen atoms in total. The molecule has 0 bridgehead atoms. The maximum absolute atomic E-state index is 13.0. The molecular weight excluding hydrogens is 504 g/mol. The Morgan fingerprint density at radius 3 is 2.25 bits per heavy atom. The zero-order chi connectivity index (χ0) is 27.9. The van der Waals surface area contributed by atoms with Crippen LogP contribution in [0.1, 0.15) is 53.6 Å². The Kier molecular flexibility index (Phi) is 8.91. The average molecular weight is 541 g/mol. The molecule has 2 aliphatic carbocycles. The molecule has 3 N–H and O–H groups in total. The summed E-state index contributed by atoms with van der Waals surface area (Å²) in [6.45, 7) is 1.28. The first-order valence-electron chi connectivity index (χ1n) is 14.2. The fourth-order valence-electron chi connectivity index (χ4n) is 4.97. The molecule has 0 aliphatic heterocycles. The van der Waals surface area contributed by atoms with Crippen molar-refractivity contribution in [1.82, 2.24) is 5.32 Å². The molecule has 3 aromatic carbocycles. The van der Waals surface area contributed by atoms with E-state index in [4.69, 9.17) is 4.74 Å². The summed E-state index contributed by atoms with van der Waals surface area (Å²) in [4.78, 5) is 37.6. The Hall–Kier alpha value is -3.97. The van der Waals surface area contributed by atoms with E-state index in [-0.39, 0.29) is 24.2 Å². The van der Waals surface area contributed by atoms with Gasteiger partial charge in [0.15, 0.2) is 11.6 Å². The first-order chi connectivity index (χ1) is 19.5. The van der Waals surface area contributed by atoms with Crippen LogP contribution in [0, 0.1) is 11.8 Å². The Labute approximate surface area is 235 Å². The molecule has 5 rings (SSSR count). The molecule has 0 heterocycles. The number of ketones is 2. The number of para-hydroxylation sites is 1. The SMILES string of the molecule is O=C(c1ccccc1)c1ccccc1N[C@@H](Cc1ccc(OCCCNC(C(=O)C2CC2)C2CC2)cc1)C(=O)O. The van der Waals surface area contributed by atoms with Crippen molar-refractivity contribution in [2.45, 2.75) is 50.6 Å². The molecule has 2 fully saturated rings. The first-order valence-corrected chi connectivity index (χ1v) is 14.2. The molecule has 0 amide bonds. The molecular formula is C33H36N2O5. The van der Waals surface area contributed by atoms with Gasteiger partial charge in [0.05, 0.1) is 12.6 Å². The average Bonchev–Trinajstić information content (AvgIpc) is 3.89. The summed E-state index contributed by atoms with van der Waals surface area (Å²) in [6.07, 6.45) is 5.44. The van der Waals surface area contributed by atoms with Gasteiger partial charge in [-0.1, -0.05) is 54.6 Å². The number of hydrogen-bond donors (Lipinski definition) is 3. The molecule has 0 aromatic heterocycles. The third kappa shape index (κ3) is 7.36. The van der Waals surface area contributed by atoms with Crippen molar-refractivity contribution in [1.29, 1.82) is 0 Å². The predicted molar refractivity (Wildman–Crippen MR) is 154 cm³/mol. The molecule has 208 valence electrons. The van der Waals surface area contributed by atoms with Crippen LogP contribution in [0.25, 0.3) is 0 Å². The van der Waals surface area contributed by atoms with Gasteiger partial charge < -0.3 is 20.5 Å². The molecule has 2 atom stereocenters. The minimum Gasteiger partial charge on any atom is -0.494 e. The highest BCUT2D eigenvalue weighted by Crippen LogP contribution is 2.39. The molecule has 7 heteroatoms. The molecule has 0 spiro atoms. The van der Waals surface area contributed by atoms with Gasteiger partial charge in [0.25, 0.3) is 0 Å². The minimum atomic E-state index is -1.00. The normalized spacial score (nSPS) is 16.1. The van der Waals surface area contributed by atoms with Crippen LogP contribution in [0.3, 0.4) is 0 Å². The van der Waals surface area contributed by atoms with Gasteiger partial charge in [-0.25, -0.2) is 4.79 Å². The Morgan fingerprint density at radius 2 is 1.57 bits per heavy atom. The van der Waals surface area contributed by atoms with Crippen molar-refractivity contribution in [3.05, 3.63) is 95.6 Å². The van der Waals surface area contributed by atoms with E-state index >= 15 is 0 Å². The summed E-state index contributed by atoms with van der Waals surface area (Å²) in [7, 11) is 0. The summed E-state index contributed by atoms with van der Waals surface area (Å²) in [6, 6.07) is 22.4. The van der Waals surface area contributed by atoms with Crippen LogP contribution < -0.4 is 15.4 Å². The van der Waals surface area contributed by atoms with E-state index in [9.17, 15) is 19.5 Å². The van der Waals surface area contributed by atoms with Crippen LogP contribution >= 0.6 is 0 Å². The van der Waals surface area contributed by atoms with E-state index in [0.717, 1.165) is 50.0 Å². The van der Waals surface area contributed by atoms with E-state index in [1.165, 1.54) is 0 Å². The lowest BCUT2D eigenvalue weighted by Gasteiger charge is -2.18. The number of hydrogen-bond acceptors (Lipinski definition) is 6. The van der Waals surface area contributed by atoms with E-state index in [0.29, 0.717) is 35.1 Å². The number of aliphatic carboxylic acids is 1. The lowest BCUT2D eigenvalue weighted by Crippen LogP contribution is -2.40. The van der Waals surface area contributed by atoms with E-state index < -0.39 is 12.0 Å². The number of benzene rings is 3. The van der Waals surface area contributed by atoms with Crippen LogP contribution in [-0.4, -0.2) is 47.9 Å². The number of rotatable bonds is 16. The Balaban J connectivity index is 1.12. The van der Waals surface area contributed by atoms with Crippen molar-refractivity contribution in [2.24, 2.45) is 11.8 Å². The highest BCUT2D eigenvalue weighted by atomic mass is 16.5.